The summed E-state index contributed by atoms with van der Waals surface area (Å²) in [5.41, 5.74) is 1.65. The number of hydrogen-bond donors (Lipinski definition) is 2. The van der Waals surface area contributed by atoms with Gasteiger partial charge in [0, 0.05) is 10.0 Å². The van der Waals surface area contributed by atoms with Crippen molar-refractivity contribution in [3.8, 4) is 11.5 Å². The molecule has 0 amide bonds. The van der Waals surface area contributed by atoms with Crippen LogP contribution in [0.1, 0.15) is 5.56 Å². The van der Waals surface area contributed by atoms with E-state index in [1.165, 1.54) is 0 Å². The Labute approximate surface area is 118 Å². The number of H-pyrrole nitrogens is 1. The van der Waals surface area contributed by atoms with Gasteiger partial charge in [0.1, 0.15) is 18.1 Å². The number of hydrogen-bond acceptors (Lipinski definition) is 3. The number of benzene rings is 2. The summed E-state index contributed by atoms with van der Waals surface area (Å²) in [5, 5.41) is 17.5. The summed E-state index contributed by atoms with van der Waals surface area (Å²) >= 11 is 3.43. The minimum absolute atomic E-state index is 0.237. The lowest BCUT2D eigenvalue weighted by Gasteiger charge is -2.09. The number of ether oxygens (including phenoxy) is 1. The van der Waals surface area contributed by atoms with Crippen LogP contribution in [0.3, 0.4) is 0 Å². The second kappa shape index (κ2) is 4.93. The largest absolute Gasteiger partial charge is 0.508 e. The van der Waals surface area contributed by atoms with Crippen molar-refractivity contribution in [1.29, 1.82) is 0 Å². The molecule has 0 aliphatic heterocycles. The molecular weight excluding hydrogens is 308 g/mol. The highest BCUT2D eigenvalue weighted by molar-refractivity contribution is 9.10. The first-order chi connectivity index (χ1) is 9.24. The van der Waals surface area contributed by atoms with Gasteiger partial charge in [0.05, 0.1) is 17.1 Å². The van der Waals surface area contributed by atoms with Crippen molar-refractivity contribution in [2.75, 3.05) is 0 Å². The van der Waals surface area contributed by atoms with Crippen LogP contribution in [0.5, 0.6) is 11.5 Å². The van der Waals surface area contributed by atoms with Gasteiger partial charge in [-0.2, -0.15) is 5.10 Å². The molecule has 0 aliphatic carbocycles. The lowest BCUT2D eigenvalue weighted by Crippen LogP contribution is -1.96. The molecule has 2 N–H and O–H groups in total. The summed E-state index contributed by atoms with van der Waals surface area (Å²) in [6, 6.07) is 11.0. The highest BCUT2D eigenvalue weighted by Gasteiger charge is 2.07. The monoisotopic (exact) mass is 318 g/mol. The fourth-order valence-electron chi connectivity index (χ4n) is 1.89. The standard InChI is InChI=1S/C14H11BrN2O2/c15-10-5-12-11(7-16-17-12)14(6-10)19-8-9-3-1-2-4-13(9)18/h1-7,18H,8H2,(H,16,17). The Morgan fingerprint density at radius 1 is 1.26 bits per heavy atom. The van der Waals surface area contributed by atoms with Gasteiger partial charge in [-0.25, -0.2) is 0 Å². The average molecular weight is 319 g/mol. The highest BCUT2D eigenvalue weighted by atomic mass is 79.9. The molecule has 96 valence electrons. The molecule has 4 nitrogen and oxygen atoms in total. The normalized spacial score (nSPS) is 10.8. The lowest BCUT2D eigenvalue weighted by atomic mass is 10.2. The fourth-order valence-corrected chi connectivity index (χ4v) is 2.33. The second-order valence-corrected chi connectivity index (χ2v) is 5.07. The number of rotatable bonds is 3. The van der Waals surface area contributed by atoms with Gasteiger partial charge in [0.25, 0.3) is 0 Å². The predicted molar refractivity (Wildman–Crippen MR) is 76.2 cm³/mol. The SMILES string of the molecule is Oc1ccccc1COc1cc(Br)cc2[nH]ncc12. The molecule has 0 saturated heterocycles. The van der Waals surface area contributed by atoms with Gasteiger partial charge in [-0.05, 0) is 18.2 Å². The molecule has 0 unspecified atom stereocenters. The van der Waals surface area contributed by atoms with Crippen LogP contribution < -0.4 is 4.74 Å². The number of phenolic OH excluding ortho intramolecular Hbond substituents is 1. The maximum atomic E-state index is 9.71. The third-order valence-corrected chi connectivity index (χ3v) is 3.32. The van der Waals surface area contributed by atoms with Gasteiger partial charge in [-0.3, -0.25) is 5.10 Å². The predicted octanol–water partition coefficient (Wildman–Crippen LogP) is 3.61. The summed E-state index contributed by atoms with van der Waals surface area (Å²) < 4.78 is 6.69. The Balaban J connectivity index is 1.90. The number of aromatic amines is 1. The number of nitrogens with zero attached hydrogens (tertiary/aromatic N) is 1. The van der Waals surface area contributed by atoms with E-state index in [0.717, 1.165) is 26.7 Å². The van der Waals surface area contributed by atoms with Crippen molar-refractivity contribution in [2.45, 2.75) is 6.61 Å². The molecule has 1 heterocycles. The van der Waals surface area contributed by atoms with Crippen molar-refractivity contribution in [3.63, 3.8) is 0 Å². The van der Waals surface area contributed by atoms with Crippen LogP contribution in [-0.4, -0.2) is 15.3 Å². The number of aromatic hydroxyl groups is 1. The molecule has 5 heteroatoms. The van der Waals surface area contributed by atoms with E-state index in [1.807, 2.05) is 24.3 Å². The quantitative estimate of drug-likeness (QED) is 0.775. The van der Waals surface area contributed by atoms with E-state index >= 15 is 0 Å². The summed E-state index contributed by atoms with van der Waals surface area (Å²) in [4.78, 5) is 0. The van der Waals surface area contributed by atoms with Crippen LogP contribution in [-0.2, 0) is 6.61 Å². The molecule has 0 saturated carbocycles. The van der Waals surface area contributed by atoms with Gasteiger partial charge >= 0.3 is 0 Å². The van der Waals surface area contributed by atoms with E-state index in [0.29, 0.717) is 6.61 Å². The first kappa shape index (κ1) is 12.0. The maximum Gasteiger partial charge on any atom is 0.131 e. The zero-order valence-corrected chi connectivity index (χ0v) is 11.5. The minimum Gasteiger partial charge on any atom is -0.508 e. The molecule has 3 aromatic rings. The Morgan fingerprint density at radius 2 is 2.11 bits per heavy atom. The fraction of sp³-hybridized carbons (Fsp3) is 0.0714. The maximum absolute atomic E-state index is 9.71. The number of fused-ring (bicyclic) bond motifs is 1. The number of phenols is 1. The average Bonchev–Trinajstić information content (AvgIpc) is 2.85. The molecule has 0 aliphatic rings. The third-order valence-electron chi connectivity index (χ3n) is 2.86. The summed E-state index contributed by atoms with van der Waals surface area (Å²) in [6.45, 7) is 0.309. The van der Waals surface area contributed by atoms with Gasteiger partial charge in [-0.15, -0.1) is 0 Å². The van der Waals surface area contributed by atoms with E-state index in [4.69, 9.17) is 4.74 Å². The first-order valence-electron chi connectivity index (χ1n) is 5.76. The summed E-state index contributed by atoms with van der Waals surface area (Å²) in [7, 11) is 0. The number of nitrogens with one attached hydrogen (secondary N) is 1. The Bertz CT molecular complexity index is 724. The first-order valence-corrected chi connectivity index (χ1v) is 6.55. The van der Waals surface area contributed by atoms with Gasteiger partial charge < -0.3 is 9.84 Å². The molecule has 1 aromatic heterocycles. The Morgan fingerprint density at radius 3 is 2.95 bits per heavy atom. The van der Waals surface area contributed by atoms with Gasteiger partial charge in [0.15, 0.2) is 0 Å². The van der Waals surface area contributed by atoms with E-state index in [2.05, 4.69) is 26.1 Å². The summed E-state index contributed by atoms with van der Waals surface area (Å²) in [6.07, 6.45) is 1.72. The smallest absolute Gasteiger partial charge is 0.131 e. The van der Waals surface area contributed by atoms with E-state index in [9.17, 15) is 5.11 Å². The molecule has 0 fully saturated rings. The van der Waals surface area contributed by atoms with Crippen molar-refractivity contribution in [1.82, 2.24) is 10.2 Å². The lowest BCUT2D eigenvalue weighted by molar-refractivity contribution is 0.302. The number of halogens is 1. The molecule has 0 atom stereocenters. The van der Waals surface area contributed by atoms with Crippen molar-refractivity contribution < 1.29 is 9.84 Å². The highest BCUT2D eigenvalue weighted by Crippen LogP contribution is 2.30. The molecule has 0 spiro atoms. The Kier molecular flexibility index (Phi) is 3.13. The van der Waals surface area contributed by atoms with E-state index < -0.39 is 0 Å². The van der Waals surface area contributed by atoms with Gasteiger partial charge in [0.2, 0.25) is 0 Å². The molecule has 3 rings (SSSR count). The number of para-hydroxylation sites is 1. The molecule has 19 heavy (non-hydrogen) atoms. The van der Waals surface area contributed by atoms with Gasteiger partial charge in [-0.1, -0.05) is 34.1 Å². The zero-order chi connectivity index (χ0) is 13.2. The van der Waals surface area contributed by atoms with Crippen LogP contribution in [0.15, 0.2) is 47.1 Å². The second-order valence-electron chi connectivity index (χ2n) is 4.15. The molecule has 0 radical (unpaired) electrons. The van der Waals surface area contributed by atoms with Crippen molar-refractivity contribution in [2.24, 2.45) is 0 Å². The van der Waals surface area contributed by atoms with Crippen LogP contribution in [0.4, 0.5) is 0 Å². The van der Waals surface area contributed by atoms with Crippen LogP contribution >= 0.6 is 15.9 Å². The third kappa shape index (κ3) is 2.42. The molecule has 0 bridgehead atoms. The Hall–Kier alpha value is -2.01. The zero-order valence-electron chi connectivity index (χ0n) is 9.93. The molecular formula is C14H11BrN2O2. The van der Waals surface area contributed by atoms with E-state index in [-0.39, 0.29) is 5.75 Å². The topological polar surface area (TPSA) is 58.1 Å². The van der Waals surface area contributed by atoms with Crippen LogP contribution in [0.25, 0.3) is 10.9 Å². The van der Waals surface area contributed by atoms with Crippen LogP contribution in [0, 0.1) is 0 Å². The summed E-state index contributed by atoms with van der Waals surface area (Å²) in [5.74, 6) is 0.960. The van der Waals surface area contributed by atoms with E-state index in [1.54, 1.807) is 18.3 Å². The number of aromatic nitrogens is 2. The van der Waals surface area contributed by atoms with Crippen LogP contribution in [0.2, 0.25) is 0 Å². The minimum atomic E-state index is 0.237. The van der Waals surface area contributed by atoms with Crippen molar-refractivity contribution in [3.05, 3.63) is 52.6 Å². The van der Waals surface area contributed by atoms with Crippen molar-refractivity contribution >= 4 is 26.8 Å². The molecule has 2 aromatic carbocycles.